The summed E-state index contributed by atoms with van der Waals surface area (Å²) in [5.41, 5.74) is 0.364. The number of piperazine rings is 1. The summed E-state index contributed by atoms with van der Waals surface area (Å²) in [5.74, 6) is 0.516. The number of nitrogens with zero attached hydrogens (tertiary/aromatic N) is 3. The van der Waals surface area contributed by atoms with Gasteiger partial charge in [-0.15, -0.1) is 0 Å². The van der Waals surface area contributed by atoms with Crippen LogP contribution in [-0.2, 0) is 4.79 Å². The largest absolute Gasteiger partial charge is 0.368 e. The first-order valence-electron chi connectivity index (χ1n) is 11.5. The van der Waals surface area contributed by atoms with Crippen molar-refractivity contribution in [3.8, 4) is 0 Å². The third-order valence-electron chi connectivity index (χ3n) is 6.72. The molecule has 174 valence electrons. The number of benzene rings is 1. The van der Waals surface area contributed by atoms with Crippen LogP contribution in [-0.4, -0.2) is 54.7 Å². The van der Waals surface area contributed by atoms with Gasteiger partial charge in [-0.3, -0.25) is 9.69 Å². The molecule has 2 aliphatic rings. The van der Waals surface area contributed by atoms with Gasteiger partial charge in [0.2, 0.25) is 0 Å². The maximum atomic E-state index is 14.7. The molecular weight excluding hydrogens is 436 g/mol. The Labute approximate surface area is 196 Å². The van der Waals surface area contributed by atoms with Crippen molar-refractivity contribution in [2.24, 2.45) is 17.3 Å². The van der Waals surface area contributed by atoms with Crippen molar-refractivity contribution in [1.29, 1.82) is 0 Å². The van der Waals surface area contributed by atoms with Crippen LogP contribution in [0.15, 0.2) is 18.2 Å². The van der Waals surface area contributed by atoms with Crippen LogP contribution >= 0.6 is 23.2 Å². The highest BCUT2D eigenvalue weighted by atomic mass is 35.5. The Balaban J connectivity index is 1.38. The summed E-state index contributed by atoms with van der Waals surface area (Å²) in [4.78, 5) is 17.3. The van der Waals surface area contributed by atoms with E-state index in [2.05, 4.69) is 23.6 Å². The lowest BCUT2D eigenvalue weighted by molar-refractivity contribution is -0.170. The summed E-state index contributed by atoms with van der Waals surface area (Å²) in [5, 5.41) is 1.75. The molecule has 0 aromatic heterocycles. The molecule has 0 radical (unpaired) electrons. The number of hydrogen-bond acceptors (Lipinski definition) is 3. The molecule has 0 spiro atoms. The van der Waals surface area contributed by atoms with Crippen LogP contribution in [0.1, 0.15) is 53.4 Å². The fourth-order valence-corrected chi connectivity index (χ4v) is 5.41. The molecule has 0 atom stereocenters. The van der Waals surface area contributed by atoms with Crippen LogP contribution in [0.25, 0.3) is 0 Å². The van der Waals surface area contributed by atoms with Crippen LogP contribution in [0.3, 0.4) is 0 Å². The molecule has 0 N–H and O–H groups in total. The van der Waals surface area contributed by atoms with Gasteiger partial charge in [0.25, 0.3) is 5.91 Å². The Morgan fingerprint density at radius 1 is 1.19 bits per heavy atom. The monoisotopic (exact) mass is 471 g/mol. The minimum absolute atomic E-state index is 0.245. The van der Waals surface area contributed by atoms with Gasteiger partial charge in [-0.05, 0) is 56.2 Å². The zero-order valence-electron chi connectivity index (χ0n) is 19.2. The molecule has 0 bridgehead atoms. The molecule has 1 saturated carbocycles. The minimum Gasteiger partial charge on any atom is -0.368 e. The lowest BCUT2D eigenvalue weighted by Crippen LogP contribution is -2.49. The fourth-order valence-electron chi connectivity index (χ4n) is 5.00. The highest BCUT2D eigenvalue weighted by molar-refractivity contribution is 6.43. The van der Waals surface area contributed by atoms with Crippen molar-refractivity contribution >= 4 is 34.8 Å². The summed E-state index contributed by atoms with van der Waals surface area (Å²) in [6, 6.07) is 5.52. The lowest BCUT2D eigenvalue weighted by atomic mass is 9.76. The summed E-state index contributed by atoms with van der Waals surface area (Å²) in [7, 11) is 0. The van der Waals surface area contributed by atoms with Gasteiger partial charge >= 0.3 is 0 Å². The average molecular weight is 472 g/mol. The van der Waals surface area contributed by atoms with Gasteiger partial charge in [0, 0.05) is 31.6 Å². The van der Waals surface area contributed by atoms with Gasteiger partial charge in [0.1, 0.15) is 0 Å². The zero-order valence-corrected chi connectivity index (χ0v) is 20.7. The number of carbonyl (C=O) groups is 1. The van der Waals surface area contributed by atoms with Crippen LogP contribution < -0.4 is 4.90 Å². The van der Waals surface area contributed by atoms with E-state index in [0.717, 1.165) is 57.7 Å². The van der Waals surface area contributed by atoms with Crippen molar-refractivity contribution in [2.75, 3.05) is 37.6 Å². The fraction of sp³-hybridized carbons (Fsp3) is 0.708. The van der Waals surface area contributed by atoms with E-state index in [4.69, 9.17) is 23.2 Å². The van der Waals surface area contributed by atoms with E-state index in [1.54, 1.807) is 0 Å². The third kappa shape index (κ3) is 6.06. The summed E-state index contributed by atoms with van der Waals surface area (Å²) in [6.07, 6.45) is 3.32. The van der Waals surface area contributed by atoms with Gasteiger partial charge in [0.05, 0.1) is 21.8 Å². The van der Waals surface area contributed by atoms with Crippen LogP contribution in [0, 0.1) is 17.3 Å². The van der Waals surface area contributed by atoms with Gasteiger partial charge in [0.15, 0.2) is 0 Å². The number of hydrogen-bond donors (Lipinski definition) is 0. The Kier molecular flexibility index (Phi) is 8.15. The molecule has 1 aliphatic heterocycles. The Morgan fingerprint density at radius 2 is 1.84 bits per heavy atom. The maximum Gasteiger partial charge on any atom is 0.256 e. The summed E-state index contributed by atoms with van der Waals surface area (Å²) < 4.78 is 14.7. The molecule has 4 nitrogen and oxygen atoms in total. The van der Waals surface area contributed by atoms with Gasteiger partial charge < -0.3 is 4.90 Å². The first-order valence-corrected chi connectivity index (χ1v) is 12.2. The van der Waals surface area contributed by atoms with E-state index in [-0.39, 0.29) is 11.9 Å². The number of rotatable bonds is 8. The zero-order chi connectivity index (χ0) is 22.8. The molecule has 1 aromatic carbocycles. The number of halogens is 3. The second-order valence-electron chi connectivity index (χ2n) is 10.3. The highest BCUT2D eigenvalue weighted by Gasteiger charge is 2.41. The average Bonchev–Trinajstić information content (AvgIpc) is 2.67. The van der Waals surface area contributed by atoms with E-state index in [1.807, 2.05) is 32.0 Å². The van der Waals surface area contributed by atoms with Gasteiger partial charge in [-0.25, -0.2) is 0 Å². The molecule has 1 amide bonds. The summed E-state index contributed by atoms with van der Waals surface area (Å²) >= 11 is 12.5. The van der Waals surface area contributed by atoms with Gasteiger partial charge in [-0.1, -0.05) is 61.4 Å². The van der Waals surface area contributed by atoms with E-state index < -0.39 is 5.41 Å². The van der Waals surface area contributed by atoms with Crippen molar-refractivity contribution < 1.29 is 9.28 Å². The van der Waals surface area contributed by atoms with Crippen LogP contribution in [0.4, 0.5) is 10.2 Å². The second kappa shape index (κ2) is 10.3. The smallest absolute Gasteiger partial charge is 0.256 e. The predicted octanol–water partition coefficient (Wildman–Crippen LogP) is 6.07. The van der Waals surface area contributed by atoms with Crippen molar-refractivity contribution in [2.45, 2.75) is 59.4 Å². The van der Waals surface area contributed by atoms with E-state index >= 15 is 0 Å². The number of carbonyl (C=O) groups excluding carboxylic acids is 1. The predicted molar refractivity (Wildman–Crippen MR) is 127 cm³/mol. The molecule has 1 aliphatic carbocycles. The topological polar surface area (TPSA) is 26.8 Å². The summed E-state index contributed by atoms with van der Waals surface area (Å²) in [6.45, 7) is 12.7. The third-order valence-corrected chi connectivity index (χ3v) is 7.53. The number of anilines is 1. The lowest BCUT2D eigenvalue weighted by Gasteiger charge is -2.42. The highest BCUT2D eigenvalue weighted by Crippen LogP contribution is 2.38. The second-order valence-corrected chi connectivity index (χ2v) is 11.1. The van der Waals surface area contributed by atoms with E-state index in [0.29, 0.717) is 33.4 Å². The molecule has 1 heterocycles. The van der Waals surface area contributed by atoms with E-state index in [1.165, 1.54) is 0 Å². The molecule has 3 rings (SSSR count). The Morgan fingerprint density at radius 3 is 2.45 bits per heavy atom. The van der Waals surface area contributed by atoms with Gasteiger partial charge in [-0.2, -0.15) is 5.12 Å². The molecule has 31 heavy (non-hydrogen) atoms. The first-order chi connectivity index (χ1) is 14.6. The minimum atomic E-state index is -0.639. The van der Waals surface area contributed by atoms with Crippen LogP contribution in [0.2, 0.25) is 10.0 Å². The Hall–Kier alpha value is -1.04. The molecule has 2 fully saturated rings. The normalized spacial score (nSPS) is 22.5. The number of amides is 1. The SMILES string of the molecule is CC(C)CC(C)(C)C(=O)N(F)C1CC(CCN2CCN(c3cccc(Cl)c3Cl)CC2)C1. The molecule has 7 heteroatoms. The first kappa shape index (κ1) is 24.6. The van der Waals surface area contributed by atoms with Crippen LogP contribution in [0.5, 0.6) is 0 Å². The molecule has 1 saturated heterocycles. The molecule has 1 aromatic rings. The van der Waals surface area contributed by atoms with E-state index in [9.17, 15) is 9.28 Å². The van der Waals surface area contributed by atoms with Crippen molar-refractivity contribution in [3.63, 3.8) is 0 Å². The van der Waals surface area contributed by atoms with Crippen molar-refractivity contribution in [3.05, 3.63) is 28.2 Å². The molecule has 0 unspecified atom stereocenters. The van der Waals surface area contributed by atoms with Crippen molar-refractivity contribution in [1.82, 2.24) is 10.0 Å². The Bertz CT molecular complexity index is 759. The standard InChI is InChI=1S/C24H36Cl2FN3O/c1-17(2)16-24(3,4)23(31)30(27)19-14-18(15-19)8-9-28-10-12-29(13-11-28)21-7-5-6-20(25)22(21)26/h5-7,17-19H,8-16H2,1-4H3. The maximum absolute atomic E-state index is 14.7. The molecular formula is C24H36Cl2FN3O. The quantitative estimate of drug-likeness (QED) is 0.430.